The Kier molecular flexibility index (Phi) is 5.45. The van der Waals surface area contributed by atoms with Crippen LogP contribution in [0.4, 0.5) is 0 Å². The minimum Gasteiger partial charge on any atom is -1.00 e. The zero-order valence-corrected chi connectivity index (χ0v) is 25.1. The fraction of sp³-hybridized carbons (Fsp3) is 0.152. The molecule has 2 aliphatic carbocycles. The molecule has 38 heavy (non-hydrogen) atoms. The van der Waals surface area contributed by atoms with Gasteiger partial charge in [0.1, 0.15) is 0 Å². The fourth-order valence-corrected chi connectivity index (χ4v) is 11.2. The van der Waals surface area contributed by atoms with Gasteiger partial charge in [0, 0.05) is 0 Å². The van der Waals surface area contributed by atoms with Crippen LogP contribution in [0.2, 0.25) is 0 Å². The Balaban J connectivity index is 0.00000121. The predicted octanol–water partition coefficient (Wildman–Crippen LogP) is 0.340. The Hall–Kier alpha value is -2.58. The van der Waals surface area contributed by atoms with Gasteiger partial charge in [-0.05, 0) is 0 Å². The maximum absolute atomic E-state index is 2.54. The van der Waals surface area contributed by atoms with Crippen LogP contribution in [0.5, 0.6) is 0 Å². The van der Waals surface area contributed by atoms with Gasteiger partial charge in [0.15, 0.2) is 0 Å². The number of hydrogen-bond donors (Lipinski definition) is 0. The molecule has 8 bridgehead atoms. The van der Waals surface area contributed by atoms with Gasteiger partial charge in [-0.15, -0.1) is 0 Å². The standard InChI is InChI=1S/C33H24N2.2ClH.Zr/c1-34-28-17-9-7-15-24(28)30-22-13-5-3-11-20(22)26(32(30)34)19-27-21-12-4-6-14-23(21)31-25-16-8-10-18-29(25)35(2)33(27)31;;;/h3-14,17-18,26-27H,19H2,1-2H3;2*1H;/q;;;+2/p-2. The minimum absolute atomic E-state index is 0. The summed E-state index contributed by atoms with van der Waals surface area (Å²) in [6, 6.07) is 32.7. The number of hydrogen-bond acceptors (Lipinski definition) is 0. The number of rotatable bonds is 0. The largest absolute Gasteiger partial charge is 1.00 e. The number of aromatic nitrogens is 2. The maximum Gasteiger partial charge on any atom is -1.00 e. The average molecular weight is 611 g/mol. The molecule has 2 nitrogen and oxygen atoms in total. The normalized spacial score (nSPS) is 17.2. The Labute approximate surface area is 246 Å². The van der Waals surface area contributed by atoms with E-state index in [2.05, 4.69) is 108 Å². The molecule has 0 N–H and O–H groups in total. The van der Waals surface area contributed by atoms with Gasteiger partial charge in [-0.2, -0.15) is 0 Å². The van der Waals surface area contributed by atoms with E-state index >= 15 is 0 Å². The number of halogens is 2. The van der Waals surface area contributed by atoms with Crippen molar-refractivity contribution in [2.24, 2.45) is 14.1 Å². The second-order valence-electron chi connectivity index (χ2n) is 10.7. The summed E-state index contributed by atoms with van der Waals surface area (Å²) in [6.07, 6.45) is 1.10. The van der Waals surface area contributed by atoms with Crippen LogP contribution in [0, 0.1) is 0 Å². The first-order valence-electron chi connectivity index (χ1n) is 12.9. The summed E-state index contributed by atoms with van der Waals surface area (Å²) in [5.41, 5.74) is 14.9. The van der Waals surface area contributed by atoms with E-state index < -0.39 is 23.2 Å². The molecule has 2 aromatic heterocycles. The second-order valence-corrected chi connectivity index (χ2v) is 13.9. The van der Waals surface area contributed by atoms with Crippen LogP contribution < -0.4 is 31.4 Å². The van der Waals surface area contributed by atoms with Crippen molar-refractivity contribution >= 4 is 28.3 Å². The van der Waals surface area contributed by atoms with E-state index in [-0.39, 0.29) is 24.8 Å². The van der Waals surface area contributed by atoms with E-state index in [9.17, 15) is 0 Å². The van der Waals surface area contributed by atoms with Gasteiger partial charge in [-0.25, -0.2) is 0 Å². The molecule has 2 atom stereocenters. The third kappa shape index (κ3) is 2.83. The molecule has 0 saturated carbocycles. The molecule has 0 amide bonds. The van der Waals surface area contributed by atoms with Crippen molar-refractivity contribution in [3.8, 4) is 22.3 Å². The van der Waals surface area contributed by atoms with Crippen molar-refractivity contribution in [3.63, 3.8) is 0 Å². The van der Waals surface area contributed by atoms with E-state index in [1.165, 1.54) is 66.6 Å². The zero-order valence-electron chi connectivity index (χ0n) is 21.1. The monoisotopic (exact) mass is 608 g/mol. The molecular formula is C33H24Cl2N2Zr. The van der Waals surface area contributed by atoms with Crippen LogP contribution in [0.15, 0.2) is 84.9 Å². The van der Waals surface area contributed by atoms with Crippen molar-refractivity contribution in [2.45, 2.75) is 18.3 Å². The molecule has 0 fully saturated rings. The summed E-state index contributed by atoms with van der Waals surface area (Å²) in [4.78, 5) is 0. The number of fused-ring (bicyclic) bond motifs is 4. The predicted molar refractivity (Wildman–Crippen MR) is 144 cm³/mol. The van der Waals surface area contributed by atoms with E-state index in [1.54, 1.807) is 6.54 Å². The summed E-state index contributed by atoms with van der Waals surface area (Å²) < 4.78 is 8.29. The number of benzene rings is 4. The third-order valence-corrected chi connectivity index (χ3v) is 12.5. The first-order chi connectivity index (χ1) is 17.7. The van der Waals surface area contributed by atoms with Crippen LogP contribution >= 0.6 is 0 Å². The molecule has 9 rings (SSSR count). The van der Waals surface area contributed by atoms with E-state index in [1.807, 2.05) is 0 Å². The van der Waals surface area contributed by atoms with Gasteiger partial charge in [0.25, 0.3) is 0 Å². The summed E-state index contributed by atoms with van der Waals surface area (Å²) in [6.45, 7) is 0. The molecule has 184 valence electrons. The third-order valence-electron chi connectivity index (χ3n) is 9.15. The van der Waals surface area contributed by atoms with Crippen molar-refractivity contribution in [3.05, 3.63) is 107 Å². The molecule has 2 unspecified atom stereocenters. The molecule has 6 aromatic rings. The summed E-state index contributed by atoms with van der Waals surface area (Å²) in [5, 5.41) is 3.06. The number of nitrogens with zero attached hydrogens (tertiary/aromatic N) is 2. The van der Waals surface area contributed by atoms with Crippen LogP contribution in [0.3, 0.4) is 0 Å². The molecule has 3 aliphatic rings. The Morgan fingerprint density at radius 2 is 1.03 bits per heavy atom. The molecule has 3 heterocycles. The summed E-state index contributed by atoms with van der Waals surface area (Å²) in [5.74, 6) is 0.792. The molecule has 0 saturated heterocycles. The van der Waals surface area contributed by atoms with Gasteiger partial charge in [0.2, 0.25) is 0 Å². The smallest absolute Gasteiger partial charge is 1.00 e. The summed E-state index contributed by atoms with van der Waals surface area (Å²) in [7, 11) is 4.62. The van der Waals surface area contributed by atoms with Crippen molar-refractivity contribution < 1.29 is 48.0 Å². The minimum atomic E-state index is -1.09. The van der Waals surface area contributed by atoms with Gasteiger partial charge < -0.3 is 24.8 Å². The first kappa shape index (κ1) is 24.5. The SMILES string of the molecule is Cn1c2c3c4[c](cccc41)[Zr+2][c]1cccc4c1c1c(n4C)C(CC2c2ccccc2-3)c2ccccc2-1.[Cl-].[Cl-]. The summed E-state index contributed by atoms with van der Waals surface area (Å²) >= 11 is -1.09. The van der Waals surface area contributed by atoms with Crippen LogP contribution in [-0.4, -0.2) is 9.13 Å². The average Bonchev–Trinajstić information content (AvgIpc) is 3.59. The maximum atomic E-state index is 2.54. The molecule has 0 radical (unpaired) electrons. The molecule has 0 spiro atoms. The van der Waals surface area contributed by atoms with E-state index in [0.29, 0.717) is 11.8 Å². The molecule has 1 aliphatic heterocycles. The van der Waals surface area contributed by atoms with Gasteiger partial charge in [-0.1, -0.05) is 0 Å². The van der Waals surface area contributed by atoms with E-state index in [0.717, 1.165) is 6.42 Å². The van der Waals surface area contributed by atoms with Gasteiger partial charge in [0.05, 0.1) is 0 Å². The van der Waals surface area contributed by atoms with Crippen molar-refractivity contribution in [1.29, 1.82) is 0 Å². The van der Waals surface area contributed by atoms with Crippen molar-refractivity contribution in [2.75, 3.05) is 0 Å². The Morgan fingerprint density at radius 1 is 0.579 bits per heavy atom. The zero-order chi connectivity index (χ0) is 23.7. The van der Waals surface area contributed by atoms with Crippen LogP contribution in [0.1, 0.15) is 40.8 Å². The van der Waals surface area contributed by atoms with Crippen LogP contribution in [0.25, 0.3) is 44.1 Å². The number of aryl methyl sites for hydroxylation is 2. The molecular weight excluding hydrogens is 587 g/mol. The Morgan fingerprint density at radius 3 is 1.50 bits per heavy atom. The second kappa shape index (κ2) is 8.46. The topological polar surface area (TPSA) is 9.86 Å². The van der Waals surface area contributed by atoms with Crippen molar-refractivity contribution in [1.82, 2.24) is 9.13 Å². The first-order valence-corrected chi connectivity index (χ1v) is 15.4. The Bertz CT molecular complexity index is 1810. The molecule has 5 heteroatoms. The van der Waals surface area contributed by atoms with Gasteiger partial charge >= 0.3 is 223 Å². The van der Waals surface area contributed by atoms with Gasteiger partial charge in [-0.3, -0.25) is 0 Å². The molecule has 4 aromatic carbocycles. The fourth-order valence-electron chi connectivity index (χ4n) is 7.80. The quantitative estimate of drug-likeness (QED) is 0.235. The van der Waals surface area contributed by atoms with E-state index in [4.69, 9.17) is 0 Å². The van der Waals surface area contributed by atoms with Crippen LogP contribution in [-0.2, 0) is 37.3 Å².